The number of rotatable bonds is 3. The Kier molecular flexibility index (Phi) is 2.85. The van der Waals surface area contributed by atoms with E-state index in [1.807, 2.05) is 28.9 Å². The maximum atomic E-state index is 10.3. The molecule has 0 saturated heterocycles. The van der Waals surface area contributed by atoms with Gasteiger partial charge in [-0.2, -0.15) is 5.10 Å². The van der Waals surface area contributed by atoms with E-state index in [2.05, 4.69) is 5.10 Å². The molecule has 1 atom stereocenters. The summed E-state index contributed by atoms with van der Waals surface area (Å²) >= 11 is 0. The van der Waals surface area contributed by atoms with Crippen molar-refractivity contribution in [1.82, 2.24) is 9.61 Å². The molecule has 1 fully saturated rings. The quantitative estimate of drug-likeness (QED) is 0.880. The van der Waals surface area contributed by atoms with Crippen LogP contribution in [0.4, 0.5) is 0 Å². The number of aromatic nitrogens is 2. The molecule has 0 amide bonds. The van der Waals surface area contributed by atoms with Crippen LogP contribution in [0.1, 0.15) is 43.8 Å². The third-order valence-electron chi connectivity index (χ3n) is 3.85. The van der Waals surface area contributed by atoms with Gasteiger partial charge >= 0.3 is 0 Å². The van der Waals surface area contributed by atoms with Crippen molar-refractivity contribution in [2.45, 2.75) is 38.2 Å². The monoisotopic (exact) mass is 230 g/mol. The first-order valence-electron chi connectivity index (χ1n) is 6.45. The van der Waals surface area contributed by atoms with Crippen LogP contribution in [0.25, 0.3) is 5.52 Å². The predicted molar refractivity (Wildman–Crippen MR) is 66.7 cm³/mol. The zero-order valence-corrected chi connectivity index (χ0v) is 9.92. The molecule has 3 nitrogen and oxygen atoms in total. The molecular weight excluding hydrogens is 212 g/mol. The summed E-state index contributed by atoms with van der Waals surface area (Å²) in [6.07, 6.45) is 9.44. The van der Waals surface area contributed by atoms with Crippen LogP contribution in [0.15, 0.2) is 30.6 Å². The summed E-state index contributed by atoms with van der Waals surface area (Å²) in [6, 6.07) is 5.95. The number of nitrogens with zero attached hydrogens (tertiary/aromatic N) is 2. The van der Waals surface area contributed by atoms with Crippen LogP contribution in [0.2, 0.25) is 0 Å². The highest BCUT2D eigenvalue weighted by atomic mass is 16.3. The molecule has 1 N–H and O–H groups in total. The second-order valence-corrected chi connectivity index (χ2v) is 5.03. The van der Waals surface area contributed by atoms with Crippen molar-refractivity contribution in [2.24, 2.45) is 5.92 Å². The average Bonchev–Trinajstić information content (AvgIpc) is 2.96. The second kappa shape index (κ2) is 4.49. The van der Waals surface area contributed by atoms with Crippen molar-refractivity contribution in [1.29, 1.82) is 0 Å². The van der Waals surface area contributed by atoms with Crippen molar-refractivity contribution in [3.63, 3.8) is 0 Å². The van der Waals surface area contributed by atoms with Crippen LogP contribution in [0.5, 0.6) is 0 Å². The van der Waals surface area contributed by atoms with Crippen LogP contribution < -0.4 is 0 Å². The van der Waals surface area contributed by atoms with Crippen molar-refractivity contribution in [3.05, 3.63) is 36.2 Å². The lowest BCUT2D eigenvalue weighted by molar-refractivity contribution is 0.146. The fraction of sp³-hybridized carbons (Fsp3) is 0.500. The maximum Gasteiger partial charge on any atom is 0.0829 e. The van der Waals surface area contributed by atoms with Gasteiger partial charge < -0.3 is 5.11 Å². The lowest BCUT2D eigenvalue weighted by atomic mass is 9.96. The Labute approximate surface area is 101 Å². The Morgan fingerprint density at radius 1 is 1.35 bits per heavy atom. The van der Waals surface area contributed by atoms with Crippen LogP contribution in [-0.4, -0.2) is 14.7 Å². The zero-order chi connectivity index (χ0) is 11.7. The van der Waals surface area contributed by atoms with E-state index in [1.54, 1.807) is 6.20 Å². The number of pyridine rings is 1. The van der Waals surface area contributed by atoms with E-state index < -0.39 is 0 Å². The average molecular weight is 230 g/mol. The smallest absolute Gasteiger partial charge is 0.0829 e. The molecule has 2 heterocycles. The topological polar surface area (TPSA) is 37.5 Å². The van der Waals surface area contributed by atoms with Crippen molar-refractivity contribution in [2.75, 3.05) is 0 Å². The number of aliphatic hydroxyl groups is 1. The molecule has 0 radical (unpaired) electrons. The zero-order valence-electron chi connectivity index (χ0n) is 9.92. The van der Waals surface area contributed by atoms with Gasteiger partial charge in [-0.15, -0.1) is 0 Å². The largest absolute Gasteiger partial charge is 0.388 e. The molecule has 0 aliphatic heterocycles. The molecule has 2 aromatic heterocycles. The van der Waals surface area contributed by atoms with Crippen molar-refractivity contribution >= 4 is 5.52 Å². The summed E-state index contributed by atoms with van der Waals surface area (Å²) in [4.78, 5) is 0. The Morgan fingerprint density at radius 3 is 3.00 bits per heavy atom. The van der Waals surface area contributed by atoms with Crippen LogP contribution in [-0.2, 0) is 0 Å². The minimum atomic E-state index is -0.363. The molecular formula is C14H18N2O. The van der Waals surface area contributed by atoms with E-state index >= 15 is 0 Å². The number of hydrogen-bond acceptors (Lipinski definition) is 2. The summed E-state index contributed by atoms with van der Waals surface area (Å²) in [5.41, 5.74) is 2.00. The van der Waals surface area contributed by atoms with Crippen molar-refractivity contribution < 1.29 is 5.11 Å². The van der Waals surface area contributed by atoms with Gasteiger partial charge in [0, 0.05) is 11.8 Å². The molecule has 1 aliphatic rings. The van der Waals surface area contributed by atoms with Gasteiger partial charge in [0.15, 0.2) is 0 Å². The highest BCUT2D eigenvalue weighted by molar-refractivity contribution is 5.54. The minimum Gasteiger partial charge on any atom is -0.388 e. The number of aliphatic hydroxyl groups excluding tert-OH is 1. The fourth-order valence-electron chi connectivity index (χ4n) is 2.90. The third kappa shape index (κ3) is 2.07. The summed E-state index contributed by atoms with van der Waals surface area (Å²) in [5, 5.41) is 14.6. The Morgan fingerprint density at radius 2 is 2.18 bits per heavy atom. The molecule has 1 saturated carbocycles. The summed E-state index contributed by atoms with van der Waals surface area (Å²) in [6.45, 7) is 0. The van der Waals surface area contributed by atoms with E-state index in [0.717, 1.165) is 17.5 Å². The van der Waals surface area contributed by atoms with Crippen LogP contribution >= 0.6 is 0 Å². The molecule has 3 rings (SSSR count). The highest BCUT2D eigenvalue weighted by Crippen LogP contribution is 2.33. The molecule has 0 bridgehead atoms. The van der Waals surface area contributed by atoms with Gasteiger partial charge in [-0.1, -0.05) is 31.7 Å². The van der Waals surface area contributed by atoms with Gasteiger partial charge in [0.2, 0.25) is 0 Å². The first kappa shape index (κ1) is 10.8. The SMILES string of the molecule is OC(CC1CCCC1)c1cnn2ccccc12. The normalized spacial score (nSPS) is 18.9. The van der Waals surface area contributed by atoms with Gasteiger partial charge in [-0.05, 0) is 24.5 Å². The lowest BCUT2D eigenvalue weighted by Gasteiger charge is -2.14. The van der Waals surface area contributed by atoms with Gasteiger partial charge in [0.05, 0.1) is 17.8 Å². The molecule has 2 aromatic rings. The molecule has 3 heteroatoms. The van der Waals surface area contributed by atoms with E-state index in [9.17, 15) is 5.11 Å². The van der Waals surface area contributed by atoms with Gasteiger partial charge in [0.1, 0.15) is 0 Å². The minimum absolute atomic E-state index is 0.363. The first-order chi connectivity index (χ1) is 8.34. The van der Waals surface area contributed by atoms with E-state index in [4.69, 9.17) is 0 Å². The van der Waals surface area contributed by atoms with E-state index in [-0.39, 0.29) is 6.10 Å². The molecule has 17 heavy (non-hydrogen) atoms. The first-order valence-corrected chi connectivity index (χ1v) is 6.45. The lowest BCUT2D eigenvalue weighted by Crippen LogP contribution is -2.04. The second-order valence-electron chi connectivity index (χ2n) is 5.03. The Bertz CT molecular complexity index is 500. The third-order valence-corrected chi connectivity index (χ3v) is 3.85. The molecule has 1 aliphatic carbocycles. The predicted octanol–water partition coefficient (Wildman–Crippen LogP) is 2.95. The maximum absolute atomic E-state index is 10.3. The molecule has 0 spiro atoms. The van der Waals surface area contributed by atoms with Crippen molar-refractivity contribution in [3.8, 4) is 0 Å². The highest BCUT2D eigenvalue weighted by Gasteiger charge is 2.21. The van der Waals surface area contributed by atoms with Crippen LogP contribution in [0.3, 0.4) is 0 Å². The molecule has 90 valence electrons. The Balaban J connectivity index is 1.82. The van der Waals surface area contributed by atoms with E-state index in [1.165, 1.54) is 25.7 Å². The summed E-state index contributed by atoms with van der Waals surface area (Å²) < 4.78 is 1.83. The van der Waals surface area contributed by atoms with Gasteiger partial charge in [0.25, 0.3) is 0 Å². The summed E-state index contributed by atoms with van der Waals surface area (Å²) in [7, 11) is 0. The van der Waals surface area contributed by atoms with Crippen LogP contribution in [0, 0.1) is 5.92 Å². The standard InChI is InChI=1S/C14H18N2O/c17-14(9-11-5-1-2-6-11)12-10-15-16-8-4-3-7-13(12)16/h3-4,7-8,10-11,14,17H,1-2,5-6,9H2. The van der Waals surface area contributed by atoms with E-state index in [0.29, 0.717) is 5.92 Å². The number of hydrogen-bond donors (Lipinski definition) is 1. The Hall–Kier alpha value is -1.35. The molecule has 1 unspecified atom stereocenters. The molecule has 0 aromatic carbocycles. The van der Waals surface area contributed by atoms with Gasteiger partial charge in [-0.25, -0.2) is 4.52 Å². The van der Waals surface area contributed by atoms with Gasteiger partial charge in [-0.3, -0.25) is 0 Å². The fourth-order valence-corrected chi connectivity index (χ4v) is 2.90. The summed E-state index contributed by atoms with van der Waals surface area (Å²) in [5.74, 6) is 0.698. The number of fused-ring (bicyclic) bond motifs is 1.